The molecular formula is C58H37N3. The lowest BCUT2D eigenvalue weighted by Gasteiger charge is -2.15. The molecule has 0 spiro atoms. The summed E-state index contributed by atoms with van der Waals surface area (Å²) in [6, 6.07) is 82.2. The third-order valence-electron chi connectivity index (χ3n) is 12.8. The topological polar surface area (TPSA) is 14.8 Å². The van der Waals surface area contributed by atoms with E-state index in [0.29, 0.717) is 0 Å². The van der Waals surface area contributed by atoms with Crippen molar-refractivity contribution in [1.29, 1.82) is 0 Å². The highest BCUT2D eigenvalue weighted by atomic mass is 15.0. The van der Waals surface area contributed by atoms with E-state index in [0.717, 1.165) is 0 Å². The van der Waals surface area contributed by atoms with Crippen LogP contribution in [0.1, 0.15) is 0 Å². The third-order valence-corrected chi connectivity index (χ3v) is 12.8. The summed E-state index contributed by atoms with van der Waals surface area (Å²) in [5, 5.41) is 9.97. The molecular weight excluding hydrogens is 739 g/mol. The van der Waals surface area contributed by atoms with E-state index >= 15 is 0 Å². The lowest BCUT2D eigenvalue weighted by Crippen LogP contribution is -1.96. The summed E-state index contributed by atoms with van der Waals surface area (Å²) in [6.45, 7) is 0. The van der Waals surface area contributed by atoms with E-state index in [1.54, 1.807) is 0 Å². The van der Waals surface area contributed by atoms with Gasteiger partial charge in [-0.3, -0.25) is 0 Å². The van der Waals surface area contributed by atoms with Crippen molar-refractivity contribution in [2.24, 2.45) is 0 Å². The molecule has 0 radical (unpaired) electrons. The Bertz CT molecular complexity index is 3860. The first-order valence-electron chi connectivity index (χ1n) is 21.0. The highest BCUT2D eigenvalue weighted by Gasteiger charge is 2.19. The van der Waals surface area contributed by atoms with Crippen molar-refractivity contribution in [1.82, 2.24) is 13.7 Å². The van der Waals surface area contributed by atoms with Crippen LogP contribution in [0.25, 0.3) is 116 Å². The molecule has 0 aliphatic carbocycles. The van der Waals surface area contributed by atoms with Crippen LogP contribution in [0.3, 0.4) is 0 Å². The molecule has 0 saturated heterocycles. The van der Waals surface area contributed by atoms with Crippen LogP contribution >= 0.6 is 0 Å². The SMILES string of the molecule is c1ccc(-n2c3ccccc3c3cc(-c4ccc5c(c4)c4ccccc4n5-c4ccc(-c5ccc6c(c5)c5ccccc5n6-c5ccccc5)c5ccccc45)ccc32)cc1. The van der Waals surface area contributed by atoms with E-state index in [1.807, 2.05) is 0 Å². The Morgan fingerprint density at radius 1 is 0.213 bits per heavy atom. The molecule has 61 heavy (non-hydrogen) atoms. The minimum atomic E-state index is 1.17. The second-order valence-electron chi connectivity index (χ2n) is 16.1. The Labute approximate surface area is 352 Å². The molecule has 0 amide bonds. The van der Waals surface area contributed by atoms with Crippen LogP contribution in [0.15, 0.2) is 224 Å². The predicted octanol–water partition coefficient (Wildman–Crippen LogP) is 15.5. The fraction of sp³-hybridized carbons (Fsp3) is 0. The Kier molecular flexibility index (Phi) is 7.31. The Morgan fingerprint density at radius 2 is 0.574 bits per heavy atom. The van der Waals surface area contributed by atoms with Crippen LogP contribution in [0.5, 0.6) is 0 Å². The smallest absolute Gasteiger partial charge is 0.0541 e. The van der Waals surface area contributed by atoms with Crippen LogP contribution in [0, 0.1) is 0 Å². The van der Waals surface area contributed by atoms with Crippen molar-refractivity contribution in [3.05, 3.63) is 224 Å². The van der Waals surface area contributed by atoms with E-state index in [1.165, 1.54) is 116 Å². The monoisotopic (exact) mass is 775 g/mol. The maximum atomic E-state index is 2.47. The van der Waals surface area contributed by atoms with E-state index in [-0.39, 0.29) is 0 Å². The molecule has 284 valence electrons. The van der Waals surface area contributed by atoms with Crippen molar-refractivity contribution in [2.45, 2.75) is 0 Å². The molecule has 0 saturated carbocycles. The zero-order valence-electron chi connectivity index (χ0n) is 33.2. The minimum Gasteiger partial charge on any atom is -0.309 e. The number of rotatable bonds is 5. The normalized spacial score (nSPS) is 11.9. The predicted molar refractivity (Wildman–Crippen MR) is 258 cm³/mol. The number of fused-ring (bicyclic) bond motifs is 10. The molecule has 0 atom stereocenters. The second kappa shape index (κ2) is 13.2. The number of hydrogen-bond donors (Lipinski definition) is 0. The first-order chi connectivity index (χ1) is 30.3. The van der Waals surface area contributed by atoms with Crippen LogP contribution in [0.4, 0.5) is 0 Å². The van der Waals surface area contributed by atoms with Crippen LogP contribution in [-0.2, 0) is 0 Å². The number of nitrogens with zero attached hydrogens (tertiary/aromatic N) is 3. The fourth-order valence-electron chi connectivity index (χ4n) is 10.1. The average molecular weight is 776 g/mol. The molecule has 0 fully saturated rings. The Hall–Kier alpha value is -8.14. The molecule has 3 aromatic heterocycles. The second-order valence-corrected chi connectivity index (χ2v) is 16.1. The van der Waals surface area contributed by atoms with Crippen LogP contribution in [0.2, 0.25) is 0 Å². The number of benzene rings is 10. The molecule has 13 rings (SSSR count). The quantitative estimate of drug-likeness (QED) is 0.165. The fourth-order valence-corrected chi connectivity index (χ4v) is 10.1. The van der Waals surface area contributed by atoms with Gasteiger partial charge in [-0.15, -0.1) is 0 Å². The van der Waals surface area contributed by atoms with Crippen molar-refractivity contribution in [3.8, 4) is 39.3 Å². The number of hydrogen-bond acceptors (Lipinski definition) is 0. The maximum Gasteiger partial charge on any atom is 0.0541 e. The van der Waals surface area contributed by atoms with Gasteiger partial charge in [0, 0.05) is 49.1 Å². The van der Waals surface area contributed by atoms with Crippen LogP contribution in [-0.4, -0.2) is 13.7 Å². The van der Waals surface area contributed by atoms with Gasteiger partial charge in [0.2, 0.25) is 0 Å². The van der Waals surface area contributed by atoms with Gasteiger partial charge in [0.05, 0.1) is 38.8 Å². The maximum absolute atomic E-state index is 2.47. The molecule has 0 aliphatic heterocycles. The van der Waals surface area contributed by atoms with Gasteiger partial charge in [0.1, 0.15) is 0 Å². The molecule has 0 unspecified atom stereocenters. The van der Waals surface area contributed by atoms with Crippen molar-refractivity contribution in [2.75, 3.05) is 0 Å². The molecule has 13 aromatic rings. The summed E-state index contributed by atoms with van der Waals surface area (Å²) in [7, 11) is 0. The lowest BCUT2D eigenvalue weighted by atomic mass is 9.95. The molecule has 0 aliphatic rings. The van der Waals surface area contributed by atoms with Gasteiger partial charge in [-0.25, -0.2) is 0 Å². The molecule has 0 bridgehead atoms. The van der Waals surface area contributed by atoms with E-state index < -0.39 is 0 Å². The zero-order valence-corrected chi connectivity index (χ0v) is 33.2. The molecule has 10 aromatic carbocycles. The van der Waals surface area contributed by atoms with Crippen molar-refractivity contribution in [3.63, 3.8) is 0 Å². The van der Waals surface area contributed by atoms with Gasteiger partial charge >= 0.3 is 0 Å². The van der Waals surface area contributed by atoms with E-state index in [4.69, 9.17) is 0 Å². The standard InChI is InChI=1S/C58H37N3/c1-3-15-41(16-4-1)59-52-24-12-9-21-46(52)49-35-38(27-31-56(49)59)39-28-32-58-50(36-39)48-23-11-14-26-54(48)61(58)55-34-30-43(44-19-7-8-20-45(44)55)40-29-33-57-51(37-40)47-22-10-13-25-53(47)60(57)42-17-5-2-6-18-42/h1-37H. The molecule has 3 nitrogen and oxygen atoms in total. The summed E-state index contributed by atoms with van der Waals surface area (Å²) in [5.41, 5.74) is 15.6. The minimum absolute atomic E-state index is 1.17. The molecule has 3 heteroatoms. The van der Waals surface area contributed by atoms with Crippen molar-refractivity contribution >= 4 is 76.2 Å². The van der Waals surface area contributed by atoms with Gasteiger partial charge in [-0.2, -0.15) is 0 Å². The van der Waals surface area contributed by atoms with Gasteiger partial charge in [-0.05, 0) is 113 Å². The summed E-state index contributed by atoms with van der Waals surface area (Å²) in [4.78, 5) is 0. The molecule has 0 N–H and O–H groups in total. The average Bonchev–Trinajstić information content (AvgIpc) is 3.97. The number of para-hydroxylation sites is 5. The Balaban J connectivity index is 0.966. The van der Waals surface area contributed by atoms with Gasteiger partial charge < -0.3 is 13.7 Å². The highest BCUT2D eigenvalue weighted by molar-refractivity contribution is 6.15. The lowest BCUT2D eigenvalue weighted by molar-refractivity contribution is 1.18. The van der Waals surface area contributed by atoms with Gasteiger partial charge in [-0.1, -0.05) is 140 Å². The summed E-state index contributed by atoms with van der Waals surface area (Å²) >= 11 is 0. The Morgan fingerprint density at radius 3 is 1.08 bits per heavy atom. The van der Waals surface area contributed by atoms with Crippen LogP contribution < -0.4 is 0 Å². The zero-order chi connectivity index (χ0) is 40.0. The van der Waals surface area contributed by atoms with Gasteiger partial charge in [0.15, 0.2) is 0 Å². The number of aromatic nitrogens is 3. The third kappa shape index (κ3) is 5.04. The summed E-state index contributed by atoms with van der Waals surface area (Å²) in [6.07, 6.45) is 0. The van der Waals surface area contributed by atoms with Crippen molar-refractivity contribution < 1.29 is 0 Å². The van der Waals surface area contributed by atoms with E-state index in [9.17, 15) is 0 Å². The largest absolute Gasteiger partial charge is 0.309 e. The first kappa shape index (κ1) is 33.8. The first-order valence-corrected chi connectivity index (χ1v) is 21.0. The van der Waals surface area contributed by atoms with Gasteiger partial charge in [0.25, 0.3) is 0 Å². The summed E-state index contributed by atoms with van der Waals surface area (Å²) in [5.74, 6) is 0. The summed E-state index contributed by atoms with van der Waals surface area (Å²) < 4.78 is 7.23. The highest BCUT2D eigenvalue weighted by Crippen LogP contribution is 2.42. The van der Waals surface area contributed by atoms with E-state index in [2.05, 4.69) is 238 Å². The molecule has 3 heterocycles.